The smallest absolute Gasteiger partial charge is 0.155 e. The van der Waals surface area contributed by atoms with E-state index < -0.39 is 0 Å². The van der Waals surface area contributed by atoms with Crippen molar-refractivity contribution in [3.63, 3.8) is 0 Å². The van der Waals surface area contributed by atoms with E-state index in [1.54, 1.807) is 6.08 Å². The Morgan fingerprint density at radius 3 is 1.76 bits per heavy atom. The first-order valence-electron chi connectivity index (χ1n) is 16.8. The second kappa shape index (κ2) is 14.3. The molecule has 0 aliphatic heterocycles. The minimum Gasteiger partial charge on any atom is -0.383 e. The van der Waals surface area contributed by atoms with Crippen molar-refractivity contribution in [1.29, 1.82) is 10.8 Å². The highest BCUT2D eigenvalue weighted by Gasteiger charge is 2.20. The van der Waals surface area contributed by atoms with Crippen LogP contribution < -0.4 is 5.73 Å². The van der Waals surface area contributed by atoms with E-state index in [0.29, 0.717) is 5.84 Å². The Morgan fingerprint density at radius 1 is 0.647 bits per heavy atom. The molecule has 5 heteroatoms. The fourth-order valence-corrected chi connectivity index (χ4v) is 6.76. The third-order valence-corrected chi connectivity index (χ3v) is 9.12. The first-order valence-corrected chi connectivity index (χ1v) is 16.8. The van der Waals surface area contributed by atoms with Gasteiger partial charge in [-0.05, 0) is 58.3 Å². The lowest BCUT2D eigenvalue weighted by atomic mass is 9.87. The third kappa shape index (κ3) is 6.25. The summed E-state index contributed by atoms with van der Waals surface area (Å²) >= 11 is 0. The molecule has 0 aliphatic rings. The zero-order chi connectivity index (χ0) is 35.3. The molecule has 0 saturated heterocycles. The summed E-state index contributed by atoms with van der Waals surface area (Å²) < 4.78 is 2.14. The quantitative estimate of drug-likeness (QED) is 0.0925. The van der Waals surface area contributed by atoms with Crippen molar-refractivity contribution >= 4 is 56.4 Å². The van der Waals surface area contributed by atoms with E-state index >= 15 is 0 Å². The third-order valence-electron chi connectivity index (χ3n) is 9.12. The van der Waals surface area contributed by atoms with Crippen molar-refractivity contribution in [2.75, 3.05) is 0 Å². The van der Waals surface area contributed by atoms with Gasteiger partial charge < -0.3 is 15.7 Å². The molecule has 0 saturated carbocycles. The van der Waals surface area contributed by atoms with Crippen molar-refractivity contribution in [3.05, 3.63) is 192 Å². The maximum Gasteiger partial charge on any atom is 0.155 e. The summed E-state index contributed by atoms with van der Waals surface area (Å²) in [4.78, 5) is 4.64. The molecule has 246 valence electrons. The molecule has 0 aliphatic carbocycles. The van der Waals surface area contributed by atoms with Crippen molar-refractivity contribution in [1.82, 2.24) is 4.57 Å². The number of fused-ring (bicyclic) bond motifs is 4. The number of para-hydroxylation sites is 1. The van der Waals surface area contributed by atoms with Crippen LogP contribution in [0.3, 0.4) is 0 Å². The summed E-state index contributed by atoms with van der Waals surface area (Å²) in [6.07, 6.45) is 3.20. The Kier molecular flexibility index (Phi) is 9.18. The van der Waals surface area contributed by atoms with Crippen LogP contribution in [-0.4, -0.2) is 22.5 Å². The SMILES string of the molecule is C=Cc1c(C=N)c2ccccc2n1-c1ccc(-c2c(C(=N)N=C(N)c3ccccc3)c3ccccc3c3ccccc23)cc1.Cc1ccccc1. The molecule has 8 rings (SSSR count). The fourth-order valence-electron chi connectivity index (χ4n) is 6.76. The molecule has 0 bridgehead atoms. The van der Waals surface area contributed by atoms with Crippen LogP contribution in [0.2, 0.25) is 0 Å². The number of aryl methyl sites for hydroxylation is 1. The number of nitrogens with one attached hydrogen (secondary N) is 2. The predicted molar refractivity (Wildman–Crippen MR) is 217 cm³/mol. The van der Waals surface area contributed by atoms with E-state index in [1.165, 1.54) is 11.8 Å². The topological polar surface area (TPSA) is 91.0 Å². The van der Waals surface area contributed by atoms with Crippen LogP contribution in [0.25, 0.3) is 55.3 Å². The van der Waals surface area contributed by atoms with Crippen molar-refractivity contribution in [3.8, 4) is 16.8 Å². The minimum absolute atomic E-state index is 0.105. The Bertz CT molecular complexity index is 2580. The zero-order valence-electron chi connectivity index (χ0n) is 28.3. The van der Waals surface area contributed by atoms with Crippen LogP contribution >= 0.6 is 0 Å². The highest BCUT2D eigenvalue weighted by atomic mass is 15.0. The molecule has 51 heavy (non-hydrogen) atoms. The normalized spacial score (nSPS) is 11.3. The Balaban J connectivity index is 0.000000520. The van der Waals surface area contributed by atoms with Gasteiger partial charge in [0.1, 0.15) is 5.84 Å². The van der Waals surface area contributed by atoms with Gasteiger partial charge >= 0.3 is 0 Å². The number of nitrogens with two attached hydrogens (primary N) is 1. The van der Waals surface area contributed by atoms with E-state index in [9.17, 15) is 5.41 Å². The number of benzene rings is 7. The highest BCUT2D eigenvalue weighted by Crippen LogP contribution is 2.40. The highest BCUT2D eigenvalue weighted by molar-refractivity contribution is 6.26. The van der Waals surface area contributed by atoms with Gasteiger partial charge in [-0.3, -0.25) is 5.41 Å². The molecule has 0 fully saturated rings. The van der Waals surface area contributed by atoms with E-state index in [4.69, 9.17) is 11.1 Å². The van der Waals surface area contributed by atoms with Crippen LogP contribution in [0, 0.1) is 17.7 Å². The maximum absolute atomic E-state index is 9.30. The fraction of sp³-hybridized carbons (Fsp3) is 0.0217. The molecular formula is C46H37N5. The second-order valence-corrected chi connectivity index (χ2v) is 12.3. The molecule has 0 spiro atoms. The summed E-state index contributed by atoms with van der Waals surface area (Å²) in [5, 5.41) is 22.5. The molecule has 7 aromatic carbocycles. The Hall–Kier alpha value is -6.85. The Morgan fingerprint density at radius 2 is 1.18 bits per heavy atom. The summed E-state index contributed by atoms with van der Waals surface area (Å²) in [5.74, 6) is 0.404. The molecule has 1 aromatic heterocycles. The number of aromatic nitrogens is 1. The van der Waals surface area contributed by atoms with Crippen LogP contribution in [0.15, 0.2) is 169 Å². The Labute approximate surface area is 297 Å². The van der Waals surface area contributed by atoms with Gasteiger partial charge in [-0.1, -0.05) is 152 Å². The number of rotatable bonds is 6. The van der Waals surface area contributed by atoms with Gasteiger partial charge in [0.25, 0.3) is 0 Å². The number of nitrogens with zero attached hydrogens (tertiary/aromatic N) is 2. The van der Waals surface area contributed by atoms with Crippen molar-refractivity contribution in [2.24, 2.45) is 10.7 Å². The standard InChI is InChI=1S/C39H29N5.C7H8/c1-2-34-33(24-40)30-16-10-11-19-35(30)44(34)27-22-20-25(21-23-27)36-31-17-8-6-14-28(31)29-15-7-9-18-32(29)37(36)39(42)43-38(41)26-12-4-3-5-13-26;1-7-5-3-2-4-6-7/h2-24,40H,1H2,(H3,41,42,43);2-6H,1H3. The largest absolute Gasteiger partial charge is 0.383 e. The lowest BCUT2D eigenvalue weighted by Gasteiger charge is -2.18. The lowest BCUT2D eigenvalue weighted by molar-refractivity contribution is 1.11. The van der Waals surface area contributed by atoms with Crippen molar-refractivity contribution < 1.29 is 0 Å². The van der Waals surface area contributed by atoms with E-state index in [0.717, 1.165) is 71.6 Å². The number of aliphatic imine (C=N–C) groups is 1. The zero-order valence-corrected chi connectivity index (χ0v) is 28.3. The van der Waals surface area contributed by atoms with Crippen LogP contribution in [0.4, 0.5) is 0 Å². The van der Waals surface area contributed by atoms with Crippen molar-refractivity contribution in [2.45, 2.75) is 6.92 Å². The van der Waals surface area contributed by atoms with Gasteiger partial charge in [-0.2, -0.15) is 0 Å². The van der Waals surface area contributed by atoms with Gasteiger partial charge in [0.05, 0.1) is 11.2 Å². The lowest BCUT2D eigenvalue weighted by Crippen LogP contribution is -2.16. The number of hydrogen-bond donors (Lipinski definition) is 3. The van der Waals surface area contributed by atoms with Gasteiger partial charge in [-0.25, -0.2) is 4.99 Å². The van der Waals surface area contributed by atoms with Crippen LogP contribution in [0.1, 0.15) is 27.9 Å². The average Bonchev–Trinajstić information content (AvgIpc) is 3.52. The van der Waals surface area contributed by atoms with Crippen LogP contribution in [-0.2, 0) is 0 Å². The molecule has 5 nitrogen and oxygen atoms in total. The van der Waals surface area contributed by atoms with E-state index in [1.807, 2.05) is 91.0 Å². The summed E-state index contributed by atoms with van der Waals surface area (Å²) in [6, 6.07) is 52.8. The average molecular weight is 660 g/mol. The molecule has 1 heterocycles. The monoisotopic (exact) mass is 659 g/mol. The maximum atomic E-state index is 9.30. The summed E-state index contributed by atoms with van der Waals surface area (Å²) in [5.41, 5.74) is 14.8. The summed E-state index contributed by atoms with van der Waals surface area (Å²) in [7, 11) is 0. The molecule has 0 atom stereocenters. The van der Waals surface area contributed by atoms with Crippen LogP contribution in [0.5, 0.6) is 0 Å². The molecule has 8 aromatic rings. The van der Waals surface area contributed by atoms with Gasteiger partial charge in [-0.15, -0.1) is 0 Å². The minimum atomic E-state index is 0.105. The van der Waals surface area contributed by atoms with E-state index in [2.05, 4.69) is 89.8 Å². The first kappa shape index (κ1) is 32.7. The second-order valence-electron chi connectivity index (χ2n) is 12.3. The van der Waals surface area contributed by atoms with E-state index in [-0.39, 0.29) is 5.84 Å². The van der Waals surface area contributed by atoms with Gasteiger partial charge in [0.2, 0.25) is 0 Å². The number of hydrogen-bond acceptors (Lipinski definition) is 2. The molecule has 0 amide bonds. The molecule has 4 N–H and O–H groups in total. The predicted octanol–water partition coefficient (Wildman–Crippen LogP) is 11.0. The molecule has 0 radical (unpaired) electrons. The first-order chi connectivity index (χ1) is 25.0. The molecular weight excluding hydrogens is 623 g/mol. The molecule has 0 unspecified atom stereocenters. The van der Waals surface area contributed by atoms with Gasteiger partial charge in [0, 0.05) is 39.5 Å². The number of amidine groups is 2. The summed E-state index contributed by atoms with van der Waals surface area (Å²) in [6.45, 7) is 6.14. The van der Waals surface area contributed by atoms with Gasteiger partial charge in [0.15, 0.2) is 5.84 Å².